The molecule has 0 radical (unpaired) electrons. The van der Waals surface area contributed by atoms with Crippen LogP contribution in [-0.4, -0.2) is 61.5 Å². The summed E-state index contributed by atoms with van der Waals surface area (Å²) in [5.74, 6) is -0.241. The van der Waals surface area contributed by atoms with Gasteiger partial charge in [-0.15, -0.1) is 0 Å². The van der Waals surface area contributed by atoms with Crippen molar-refractivity contribution in [3.05, 3.63) is 60.2 Å². The van der Waals surface area contributed by atoms with Crippen molar-refractivity contribution >= 4 is 29.2 Å². The highest BCUT2D eigenvalue weighted by atomic mass is 16.5. The number of piperidine rings is 1. The number of likely N-dealkylation sites (tertiary alicyclic amines) is 1. The summed E-state index contributed by atoms with van der Waals surface area (Å²) in [6, 6.07) is 17.5. The Morgan fingerprint density at radius 3 is 2.23 bits per heavy atom. The fourth-order valence-electron chi connectivity index (χ4n) is 5.89. The maximum atomic E-state index is 13.2. The van der Waals surface area contributed by atoms with Crippen molar-refractivity contribution in [1.82, 2.24) is 4.90 Å². The normalized spacial score (nSPS) is 19.9. The highest BCUT2D eigenvalue weighted by Gasteiger charge is 2.59. The van der Waals surface area contributed by atoms with E-state index < -0.39 is 5.54 Å². The smallest absolute Gasteiger partial charge is 0.332 e. The van der Waals surface area contributed by atoms with E-state index >= 15 is 0 Å². The number of ether oxygens (including phenoxy) is 1. The third kappa shape index (κ3) is 3.82. The van der Waals surface area contributed by atoms with Gasteiger partial charge < -0.3 is 14.5 Å². The molecule has 35 heavy (non-hydrogen) atoms. The van der Waals surface area contributed by atoms with Crippen LogP contribution < -0.4 is 9.80 Å². The van der Waals surface area contributed by atoms with Gasteiger partial charge in [-0.05, 0) is 49.4 Å². The number of fused-ring (bicyclic) bond motifs is 2. The Morgan fingerprint density at radius 2 is 1.60 bits per heavy atom. The predicted octanol–water partition coefficient (Wildman–Crippen LogP) is 3.52. The first-order chi connectivity index (χ1) is 17.0. The number of esters is 1. The number of anilines is 2. The molecule has 2 aromatic rings. The number of benzene rings is 2. The predicted molar refractivity (Wildman–Crippen MR) is 134 cm³/mol. The van der Waals surface area contributed by atoms with E-state index in [4.69, 9.17) is 4.74 Å². The van der Waals surface area contributed by atoms with Crippen LogP contribution in [-0.2, 0) is 24.5 Å². The number of rotatable bonds is 7. The molecule has 1 aliphatic carbocycles. The highest BCUT2D eigenvalue weighted by Crippen LogP contribution is 2.57. The molecule has 1 spiro atoms. The minimum absolute atomic E-state index is 0.0935. The molecule has 7 heteroatoms. The van der Waals surface area contributed by atoms with Gasteiger partial charge in [0.2, 0.25) is 11.8 Å². The Balaban J connectivity index is 1.31. The van der Waals surface area contributed by atoms with Crippen molar-refractivity contribution in [3.8, 4) is 0 Å². The Labute approximate surface area is 206 Å². The van der Waals surface area contributed by atoms with Crippen molar-refractivity contribution < 1.29 is 19.1 Å². The highest BCUT2D eigenvalue weighted by molar-refractivity contribution is 6.10. The Kier molecular flexibility index (Phi) is 6.13. The van der Waals surface area contributed by atoms with Crippen LogP contribution in [0.3, 0.4) is 0 Å². The molecule has 0 bridgehead atoms. The fraction of sp³-hybridized carbons (Fsp3) is 0.464. The second-order valence-electron chi connectivity index (χ2n) is 9.84. The van der Waals surface area contributed by atoms with Crippen molar-refractivity contribution in [2.24, 2.45) is 0 Å². The summed E-state index contributed by atoms with van der Waals surface area (Å²) in [5.41, 5.74) is 1.61. The summed E-state index contributed by atoms with van der Waals surface area (Å²) in [7, 11) is 1.39. The maximum absolute atomic E-state index is 13.2. The van der Waals surface area contributed by atoms with E-state index in [1.165, 1.54) is 12.7 Å². The standard InChI is InChI=1S/C28H33N3O4/c1-3-24(32)31(21-9-5-4-6-10-21)28(26(34)35-2)15-17-29(18-16-28)19-20-30-23-12-8-7-11-22(23)27(13-14-27)25(30)33/h4-12H,3,13-20H2,1-2H3. The number of hydrogen-bond donors (Lipinski definition) is 0. The van der Waals surface area contributed by atoms with Crippen LogP contribution in [0.4, 0.5) is 11.4 Å². The molecule has 1 saturated carbocycles. The van der Waals surface area contributed by atoms with Crippen molar-refractivity contribution in [3.63, 3.8) is 0 Å². The molecule has 7 nitrogen and oxygen atoms in total. The summed E-state index contributed by atoms with van der Waals surface area (Å²) in [5, 5.41) is 0. The zero-order valence-corrected chi connectivity index (χ0v) is 20.5. The molecule has 184 valence electrons. The van der Waals surface area contributed by atoms with Gasteiger partial charge in [0.1, 0.15) is 5.54 Å². The van der Waals surface area contributed by atoms with Crippen LogP contribution >= 0.6 is 0 Å². The summed E-state index contributed by atoms with van der Waals surface area (Å²) < 4.78 is 5.25. The Morgan fingerprint density at radius 1 is 0.943 bits per heavy atom. The first kappa shape index (κ1) is 23.5. The van der Waals surface area contributed by atoms with E-state index in [1.807, 2.05) is 60.4 Å². The first-order valence-corrected chi connectivity index (χ1v) is 12.6. The molecular formula is C28H33N3O4. The van der Waals surface area contributed by atoms with Gasteiger partial charge in [0.05, 0.1) is 12.5 Å². The molecule has 2 aliphatic heterocycles. The summed E-state index contributed by atoms with van der Waals surface area (Å²) in [4.78, 5) is 45.4. The molecule has 3 aliphatic rings. The number of hydrogen-bond acceptors (Lipinski definition) is 5. The number of carbonyl (C=O) groups is 3. The van der Waals surface area contributed by atoms with Crippen LogP contribution in [0.2, 0.25) is 0 Å². The topological polar surface area (TPSA) is 70.2 Å². The van der Waals surface area contributed by atoms with E-state index in [0.717, 1.165) is 25.1 Å². The molecule has 0 N–H and O–H groups in total. The van der Waals surface area contributed by atoms with Crippen LogP contribution in [0.5, 0.6) is 0 Å². The summed E-state index contributed by atoms with van der Waals surface area (Å²) >= 11 is 0. The SMILES string of the molecule is CCC(=O)N(c1ccccc1)C1(C(=O)OC)CCN(CCN2C(=O)C3(CC3)c3ccccc32)CC1. The monoisotopic (exact) mass is 475 g/mol. The fourth-order valence-corrected chi connectivity index (χ4v) is 5.89. The van der Waals surface area contributed by atoms with E-state index in [1.54, 1.807) is 4.90 Å². The van der Waals surface area contributed by atoms with E-state index in [2.05, 4.69) is 11.0 Å². The first-order valence-electron chi connectivity index (χ1n) is 12.6. The van der Waals surface area contributed by atoms with Gasteiger partial charge in [-0.25, -0.2) is 4.79 Å². The average Bonchev–Trinajstić information content (AvgIpc) is 3.68. The minimum Gasteiger partial charge on any atom is -0.467 e. The Hall–Kier alpha value is -3.19. The molecule has 5 rings (SSSR count). The molecule has 2 amide bonds. The lowest BCUT2D eigenvalue weighted by molar-refractivity contribution is -0.150. The van der Waals surface area contributed by atoms with Gasteiger partial charge in [-0.1, -0.05) is 43.3 Å². The number of carbonyl (C=O) groups excluding carboxylic acids is 3. The lowest BCUT2D eigenvalue weighted by atomic mass is 9.84. The van der Waals surface area contributed by atoms with E-state index in [0.29, 0.717) is 44.6 Å². The molecule has 1 saturated heterocycles. The number of amides is 2. The van der Waals surface area contributed by atoms with Crippen molar-refractivity contribution in [1.29, 1.82) is 0 Å². The van der Waals surface area contributed by atoms with Crippen molar-refractivity contribution in [2.75, 3.05) is 43.1 Å². The molecule has 0 atom stereocenters. The number of methoxy groups -OCH3 is 1. The van der Waals surface area contributed by atoms with Gasteiger partial charge >= 0.3 is 5.97 Å². The van der Waals surface area contributed by atoms with Gasteiger partial charge in [-0.3, -0.25) is 14.5 Å². The summed E-state index contributed by atoms with van der Waals surface area (Å²) in [6.45, 7) is 4.45. The average molecular weight is 476 g/mol. The zero-order chi connectivity index (χ0) is 24.6. The lowest BCUT2D eigenvalue weighted by Gasteiger charge is -2.46. The second-order valence-corrected chi connectivity index (χ2v) is 9.84. The Bertz CT molecular complexity index is 1120. The molecule has 2 heterocycles. The molecule has 0 aromatic heterocycles. The van der Waals surface area contributed by atoms with Crippen LogP contribution in [0, 0.1) is 0 Å². The number of nitrogens with zero attached hydrogens (tertiary/aromatic N) is 3. The zero-order valence-electron chi connectivity index (χ0n) is 20.5. The van der Waals surface area contributed by atoms with E-state index in [9.17, 15) is 14.4 Å². The quantitative estimate of drug-likeness (QED) is 0.573. The third-order valence-electron chi connectivity index (χ3n) is 8.00. The summed E-state index contributed by atoms with van der Waals surface area (Å²) in [6.07, 6.45) is 3.14. The van der Waals surface area contributed by atoms with Gasteiger partial charge in [-0.2, -0.15) is 0 Å². The maximum Gasteiger partial charge on any atom is 0.332 e. The van der Waals surface area contributed by atoms with Crippen molar-refractivity contribution in [2.45, 2.75) is 50.0 Å². The lowest BCUT2D eigenvalue weighted by Crippen LogP contribution is -2.63. The molecular weight excluding hydrogens is 442 g/mol. The van der Waals surface area contributed by atoms with Crippen LogP contribution in [0.25, 0.3) is 0 Å². The molecule has 0 unspecified atom stereocenters. The largest absolute Gasteiger partial charge is 0.467 e. The van der Waals surface area contributed by atoms with Gasteiger partial charge in [0.15, 0.2) is 0 Å². The van der Waals surface area contributed by atoms with Crippen LogP contribution in [0.15, 0.2) is 54.6 Å². The van der Waals surface area contributed by atoms with E-state index in [-0.39, 0.29) is 23.2 Å². The van der Waals surface area contributed by atoms with Gasteiger partial charge in [0.25, 0.3) is 0 Å². The molecule has 2 aromatic carbocycles. The minimum atomic E-state index is -1.03. The molecule has 2 fully saturated rings. The third-order valence-corrected chi connectivity index (χ3v) is 8.00. The van der Waals surface area contributed by atoms with Crippen LogP contribution in [0.1, 0.15) is 44.6 Å². The van der Waals surface area contributed by atoms with Gasteiger partial charge in [0, 0.05) is 44.0 Å². The number of para-hydroxylation sites is 2. The second kappa shape index (κ2) is 9.11.